The fraction of sp³-hybridized carbons (Fsp3) is 0.120. The molecule has 3 heterocycles. The molecule has 6 nitrogen and oxygen atoms in total. The monoisotopic (exact) mass is 440 g/mol. The molecule has 158 valence electrons. The highest BCUT2D eigenvalue weighted by Gasteiger charge is 2.37. The van der Waals surface area contributed by atoms with Crippen LogP contribution in [0.4, 0.5) is 5.13 Å². The second-order valence-corrected chi connectivity index (χ2v) is 8.66. The van der Waals surface area contributed by atoms with Gasteiger partial charge in [-0.1, -0.05) is 43.0 Å². The van der Waals surface area contributed by atoms with Gasteiger partial charge in [0.25, 0.3) is 11.8 Å². The van der Waals surface area contributed by atoms with Gasteiger partial charge in [-0.2, -0.15) is 0 Å². The number of aromatic nitrogens is 2. The summed E-state index contributed by atoms with van der Waals surface area (Å²) in [6.07, 6.45) is 3.39. The van der Waals surface area contributed by atoms with Crippen LogP contribution < -0.4 is 5.32 Å². The van der Waals surface area contributed by atoms with E-state index < -0.39 is 6.04 Å². The van der Waals surface area contributed by atoms with Crippen molar-refractivity contribution in [2.75, 3.05) is 5.32 Å². The zero-order valence-corrected chi connectivity index (χ0v) is 18.2. The Morgan fingerprint density at radius 2 is 1.97 bits per heavy atom. The number of anilines is 1. The molecule has 2 amide bonds. The predicted molar refractivity (Wildman–Crippen MR) is 126 cm³/mol. The van der Waals surface area contributed by atoms with Crippen LogP contribution >= 0.6 is 11.3 Å². The number of thiazole rings is 1. The normalized spacial score (nSPS) is 13.8. The van der Waals surface area contributed by atoms with Gasteiger partial charge in [0.2, 0.25) is 0 Å². The molecule has 32 heavy (non-hydrogen) atoms. The maximum atomic E-state index is 13.4. The fourth-order valence-electron chi connectivity index (χ4n) is 4.13. The van der Waals surface area contributed by atoms with Crippen LogP contribution in [0.15, 0.2) is 78.5 Å². The number of amides is 2. The molecule has 5 rings (SSSR count). The lowest BCUT2D eigenvalue weighted by Crippen LogP contribution is -2.44. The number of carbonyl (C=O) groups excluding carboxylic acids is 2. The third-order valence-corrected chi connectivity index (χ3v) is 6.26. The van der Waals surface area contributed by atoms with E-state index in [4.69, 9.17) is 0 Å². The zero-order valence-electron chi connectivity index (χ0n) is 17.4. The summed E-state index contributed by atoms with van der Waals surface area (Å²) in [5.74, 6) is -0.496. The highest BCUT2D eigenvalue weighted by atomic mass is 32.1. The molecule has 1 atom stereocenters. The summed E-state index contributed by atoms with van der Waals surface area (Å²) < 4.78 is 0. The lowest BCUT2D eigenvalue weighted by atomic mass is 9.98. The quantitative estimate of drug-likeness (QED) is 0.448. The van der Waals surface area contributed by atoms with Crippen molar-refractivity contribution in [3.63, 3.8) is 0 Å². The van der Waals surface area contributed by atoms with Gasteiger partial charge in [0.1, 0.15) is 6.04 Å². The SMILES string of the molecule is C=C(C)[C@H](C(=O)Nc1nccs1)N1Cc2ccc(-c3cccc4cccnc34)cc2C1=O. The number of para-hydroxylation sites is 1. The van der Waals surface area contributed by atoms with Gasteiger partial charge >= 0.3 is 0 Å². The molecule has 0 spiro atoms. The summed E-state index contributed by atoms with van der Waals surface area (Å²) in [5, 5.41) is 6.11. The minimum atomic E-state index is -0.776. The van der Waals surface area contributed by atoms with Crippen LogP contribution in [-0.2, 0) is 11.3 Å². The number of carbonyl (C=O) groups is 2. The number of rotatable bonds is 5. The Kier molecular flexibility index (Phi) is 5.03. The molecule has 0 saturated heterocycles. The molecule has 4 aromatic rings. The standard InChI is InChI=1S/C25H20N4O2S/c1-15(2)22(23(30)28-25-27-11-12-32-25)29-14-18-9-8-17(13-20(18)24(29)31)19-7-3-5-16-6-4-10-26-21(16)19/h3-13,22H,1,14H2,2H3,(H,27,28,30)/t22-/m1/s1. The number of nitrogens with zero attached hydrogens (tertiary/aromatic N) is 3. The summed E-state index contributed by atoms with van der Waals surface area (Å²) in [6.45, 7) is 6.08. The molecule has 1 aliphatic heterocycles. The van der Waals surface area contributed by atoms with E-state index in [9.17, 15) is 9.59 Å². The van der Waals surface area contributed by atoms with Gasteiger partial charge in [0.05, 0.1) is 5.52 Å². The van der Waals surface area contributed by atoms with Crippen molar-refractivity contribution in [1.82, 2.24) is 14.9 Å². The first-order valence-corrected chi connectivity index (χ1v) is 11.0. The van der Waals surface area contributed by atoms with E-state index in [1.54, 1.807) is 29.6 Å². The van der Waals surface area contributed by atoms with Gasteiger partial charge in [-0.15, -0.1) is 11.3 Å². The molecule has 0 unspecified atom stereocenters. The summed E-state index contributed by atoms with van der Waals surface area (Å²) in [4.78, 5) is 36.5. The number of hydrogen-bond donors (Lipinski definition) is 1. The number of fused-ring (bicyclic) bond motifs is 2. The van der Waals surface area contributed by atoms with Crippen LogP contribution in [0.5, 0.6) is 0 Å². The largest absolute Gasteiger partial charge is 0.318 e. The second-order valence-electron chi connectivity index (χ2n) is 7.76. The molecule has 2 aromatic heterocycles. The summed E-state index contributed by atoms with van der Waals surface area (Å²) >= 11 is 1.33. The first-order valence-electron chi connectivity index (χ1n) is 10.2. The van der Waals surface area contributed by atoms with Crippen molar-refractivity contribution in [2.45, 2.75) is 19.5 Å². The molecule has 0 saturated carbocycles. The molecule has 0 radical (unpaired) electrons. The van der Waals surface area contributed by atoms with Crippen LogP contribution in [0.3, 0.4) is 0 Å². The van der Waals surface area contributed by atoms with Crippen LogP contribution in [0, 0.1) is 0 Å². The van der Waals surface area contributed by atoms with Gasteiger partial charge in [-0.05, 0) is 35.8 Å². The topological polar surface area (TPSA) is 75.2 Å². The lowest BCUT2D eigenvalue weighted by Gasteiger charge is -2.26. The molecule has 1 aliphatic rings. The summed E-state index contributed by atoms with van der Waals surface area (Å²) in [5.41, 5.74) is 4.86. The minimum Gasteiger partial charge on any atom is -0.318 e. The predicted octanol–water partition coefficient (Wildman–Crippen LogP) is 4.90. The van der Waals surface area contributed by atoms with E-state index in [-0.39, 0.29) is 11.8 Å². The van der Waals surface area contributed by atoms with Crippen LogP contribution in [0.25, 0.3) is 22.0 Å². The van der Waals surface area contributed by atoms with Gasteiger partial charge < -0.3 is 4.90 Å². The molecule has 0 aliphatic carbocycles. The average molecular weight is 441 g/mol. The van der Waals surface area contributed by atoms with E-state index in [1.165, 1.54) is 11.3 Å². The van der Waals surface area contributed by atoms with E-state index in [0.717, 1.165) is 27.6 Å². The molecule has 7 heteroatoms. The third-order valence-electron chi connectivity index (χ3n) is 5.57. The van der Waals surface area contributed by atoms with Crippen molar-refractivity contribution in [2.24, 2.45) is 0 Å². The van der Waals surface area contributed by atoms with Crippen LogP contribution in [-0.4, -0.2) is 32.7 Å². The highest BCUT2D eigenvalue weighted by molar-refractivity contribution is 7.13. The Labute approximate surface area is 189 Å². The van der Waals surface area contributed by atoms with Gasteiger partial charge in [-0.25, -0.2) is 4.98 Å². The minimum absolute atomic E-state index is 0.183. The summed E-state index contributed by atoms with van der Waals surface area (Å²) in [7, 11) is 0. The number of pyridine rings is 1. The smallest absolute Gasteiger partial charge is 0.255 e. The van der Waals surface area contributed by atoms with E-state index in [0.29, 0.717) is 22.8 Å². The molecule has 1 N–H and O–H groups in total. The Balaban J connectivity index is 1.48. The number of hydrogen-bond acceptors (Lipinski definition) is 5. The van der Waals surface area contributed by atoms with Gasteiger partial charge in [-0.3, -0.25) is 19.9 Å². The molecule has 0 fully saturated rings. The molecule has 2 aromatic carbocycles. The lowest BCUT2D eigenvalue weighted by molar-refractivity contribution is -0.119. The summed E-state index contributed by atoms with van der Waals surface area (Å²) in [6, 6.07) is 15.0. The zero-order chi connectivity index (χ0) is 22.2. The maximum absolute atomic E-state index is 13.4. The van der Waals surface area contributed by atoms with Crippen LogP contribution in [0.1, 0.15) is 22.8 Å². The van der Waals surface area contributed by atoms with Gasteiger partial charge in [0, 0.05) is 40.8 Å². The highest BCUT2D eigenvalue weighted by Crippen LogP contribution is 2.33. The van der Waals surface area contributed by atoms with Crippen LogP contribution in [0.2, 0.25) is 0 Å². The third kappa shape index (κ3) is 3.46. The number of nitrogens with one attached hydrogen (secondary N) is 1. The average Bonchev–Trinajstić information content (AvgIpc) is 3.41. The van der Waals surface area contributed by atoms with Crippen molar-refractivity contribution < 1.29 is 9.59 Å². The van der Waals surface area contributed by atoms with Crippen molar-refractivity contribution in [3.05, 3.63) is 89.6 Å². The Hall–Kier alpha value is -3.84. The van der Waals surface area contributed by atoms with Gasteiger partial charge in [0.15, 0.2) is 5.13 Å². The van der Waals surface area contributed by atoms with E-state index in [1.807, 2.05) is 48.5 Å². The molecular weight excluding hydrogens is 420 g/mol. The molecule has 0 bridgehead atoms. The Morgan fingerprint density at radius 1 is 1.12 bits per heavy atom. The maximum Gasteiger partial charge on any atom is 0.255 e. The second kappa shape index (κ2) is 8.01. The Morgan fingerprint density at radius 3 is 2.75 bits per heavy atom. The van der Waals surface area contributed by atoms with Crippen molar-refractivity contribution >= 4 is 39.2 Å². The first-order chi connectivity index (χ1) is 15.5. The van der Waals surface area contributed by atoms with E-state index in [2.05, 4.69) is 21.9 Å². The van der Waals surface area contributed by atoms with E-state index >= 15 is 0 Å². The number of benzene rings is 2. The van der Waals surface area contributed by atoms with Crippen molar-refractivity contribution in [3.8, 4) is 11.1 Å². The van der Waals surface area contributed by atoms with Crippen molar-refractivity contribution in [1.29, 1.82) is 0 Å². The first kappa shape index (κ1) is 20.1. The molecular formula is C25H20N4O2S. The Bertz CT molecular complexity index is 1360. The fourth-order valence-corrected chi connectivity index (χ4v) is 4.66.